The average Bonchev–Trinajstić information content (AvgIpc) is 3.12. The lowest BCUT2D eigenvalue weighted by Gasteiger charge is -2.33. The summed E-state index contributed by atoms with van der Waals surface area (Å²) in [6, 6.07) is 9.13. The normalized spacial score (nSPS) is 16.3. The van der Waals surface area contributed by atoms with Crippen LogP contribution < -0.4 is 0 Å². The monoisotopic (exact) mass is 368 g/mol. The van der Waals surface area contributed by atoms with Gasteiger partial charge >= 0.3 is 0 Å². The summed E-state index contributed by atoms with van der Waals surface area (Å²) in [4.78, 5) is 14.0. The predicted octanol–water partition coefficient (Wildman–Crippen LogP) is 1.96. The molecule has 2 aromatic rings. The number of thiophene rings is 1. The molecule has 0 bridgehead atoms. The molecule has 8 heteroatoms. The highest BCUT2D eigenvalue weighted by atomic mass is 32.2. The van der Waals surface area contributed by atoms with Crippen LogP contribution in [0.5, 0.6) is 0 Å². The van der Waals surface area contributed by atoms with Gasteiger partial charge in [0.15, 0.2) is 0 Å². The Labute approximate surface area is 144 Å². The highest BCUT2D eigenvalue weighted by molar-refractivity contribution is 7.91. The van der Waals surface area contributed by atoms with Gasteiger partial charge in [0.1, 0.15) is 10.0 Å². The largest absolute Gasteiger partial charge is 0.340 e. The summed E-state index contributed by atoms with van der Waals surface area (Å²) in [5, 5.41) is 1.73. The number of halogens is 1. The van der Waals surface area contributed by atoms with Gasteiger partial charge in [0.25, 0.3) is 10.0 Å². The summed E-state index contributed by atoms with van der Waals surface area (Å²) in [7, 11) is -3.46. The maximum atomic E-state index is 12.9. The molecule has 2 heterocycles. The summed E-state index contributed by atoms with van der Waals surface area (Å²) in [5.41, 5.74) is 0.745. The van der Waals surface area contributed by atoms with E-state index in [1.165, 1.54) is 27.8 Å². The van der Waals surface area contributed by atoms with Gasteiger partial charge in [-0.2, -0.15) is 4.31 Å². The molecule has 1 fully saturated rings. The van der Waals surface area contributed by atoms with Crippen LogP contribution in [0.4, 0.5) is 4.39 Å². The molecule has 0 N–H and O–H groups in total. The highest BCUT2D eigenvalue weighted by Crippen LogP contribution is 2.22. The van der Waals surface area contributed by atoms with Crippen molar-refractivity contribution < 1.29 is 17.6 Å². The van der Waals surface area contributed by atoms with E-state index in [9.17, 15) is 17.6 Å². The van der Waals surface area contributed by atoms with Gasteiger partial charge in [0.2, 0.25) is 5.91 Å². The quantitative estimate of drug-likeness (QED) is 0.829. The lowest BCUT2D eigenvalue weighted by Crippen LogP contribution is -2.50. The van der Waals surface area contributed by atoms with E-state index in [0.29, 0.717) is 17.3 Å². The Hall–Kier alpha value is -1.77. The van der Waals surface area contributed by atoms with E-state index in [4.69, 9.17) is 0 Å². The first kappa shape index (κ1) is 17.1. The fraction of sp³-hybridized carbons (Fsp3) is 0.312. The second kappa shape index (κ2) is 7.00. The lowest BCUT2D eigenvalue weighted by molar-refractivity contribution is -0.131. The summed E-state index contributed by atoms with van der Waals surface area (Å²) in [6.07, 6.45) is 0.192. The van der Waals surface area contributed by atoms with E-state index in [1.54, 1.807) is 34.5 Å². The van der Waals surface area contributed by atoms with E-state index in [-0.39, 0.29) is 31.2 Å². The van der Waals surface area contributed by atoms with Crippen LogP contribution in [0.3, 0.4) is 0 Å². The van der Waals surface area contributed by atoms with Crippen molar-refractivity contribution in [2.24, 2.45) is 0 Å². The highest BCUT2D eigenvalue weighted by Gasteiger charge is 2.30. The summed E-state index contributed by atoms with van der Waals surface area (Å²) < 4.78 is 39.5. The molecular formula is C16H17FN2O3S2. The predicted molar refractivity (Wildman–Crippen MR) is 89.8 cm³/mol. The zero-order chi connectivity index (χ0) is 17.2. The fourth-order valence-electron chi connectivity index (χ4n) is 2.60. The Balaban J connectivity index is 1.58. The Morgan fingerprint density at radius 1 is 1.08 bits per heavy atom. The number of nitrogens with zero attached hydrogens (tertiary/aromatic N) is 2. The molecule has 1 aromatic carbocycles. The minimum Gasteiger partial charge on any atom is -0.340 e. The van der Waals surface area contributed by atoms with Crippen molar-refractivity contribution in [3.8, 4) is 0 Å². The van der Waals surface area contributed by atoms with Gasteiger partial charge < -0.3 is 4.90 Å². The summed E-state index contributed by atoms with van der Waals surface area (Å²) in [6.45, 7) is 1.31. The maximum absolute atomic E-state index is 12.9. The third kappa shape index (κ3) is 3.66. The van der Waals surface area contributed by atoms with Gasteiger partial charge in [-0.05, 0) is 29.1 Å². The number of amides is 1. The van der Waals surface area contributed by atoms with Crippen LogP contribution in [0.2, 0.25) is 0 Å². The fourth-order valence-corrected chi connectivity index (χ4v) is 5.17. The number of rotatable bonds is 4. The number of sulfonamides is 1. The first-order chi connectivity index (χ1) is 11.5. The van der Waals surface area contributed by atoms with Gasteiger partial charge in [-0.25, -0.2) is 12.8 Å². The zero-order valence-electron chi connectivity index (χ0n) is 12.9. The summed E-state index contributed by atoms with van der Waals surface area (Å²) >= 11 is 1.19. The molecule has 1 amide bonds. The van der Waals surface area contributed by atoms with Crippen molar-refractivity contribution >= 4 is 27.3 Å². The molecule has 24 heavy (non-hydrogen) atoms. The van der Waals surface area contributed by atoms with Crippen molar-refractivity contribution in [3.05, 3.63) is 53.2 Å². The van der Waals surface area contributed by atoms with Crippen LogP contribution in [0.25, 0.3) is 0 Å². The Morgan fingerprint density at radius 2 is 1.75 bits per heavy atom. The molecule has 1 aliphatic heterocycles. The van der Waals surface area contributed by atoms with E-state index in [2.05, 4.69) is 0 Å². The number of hydrogen-bond acceptors (Lipinski definition) is 4. The van der Waals surface area contributed by atoms with Crippen LogP contribution in [0.15, 0.2) is 46.0 Å². The average molecular weight is 368 g/mol. The first-order valence-electron chi connectivity index (χ1n) is 7.53. The van der Waals surface area contributed by atoms with E-state index in [1.807, 2.05) is 0 Å². The van der Waals surface area contributed by atoms with Gasteiger partial charge in [-0.3, -0.25) is 4.79 Å². The molecular weight excluding hydrogens is 351 g/mol. The molecule has 0 saturated carbocycles. The molecule has 5 nitrogen and oxygen atoms in total. The minimum absolute atomic E-state index is 0.0743. The van der Waals surface area contributed by atoms with E-state index < -0.39 is 10.0 Å². The van der Waals surface area contributed by atoms with E-state index >= 15 is 0 Å². The topological polar surface area (TPSA) is 57.7 Å². The lowest BCUT2D eigenvalue weighted by atomic mass is 10.1. The Bertz CT molecular complexity index is 796. The molecule has 0 aliphatic carbocycles. The van der Waals surface area contributed by atoms with Crippen molar-refractivity contribution in [3.63, 3.8) is 0 Å². The number of hydrogen-bond donors (Lipinski definition) is 0. The van der Waals surface area contributed by atoms with Crippen LogP contribution in [0, 0.1) is 5.82 Å². The van der Waals surface area contributed by atoms with Gasteiger partial charge in [-0.15, -0.1) is 11.3 Å². The van der Waals surface area contributed by atoms with Gasteiger partial charge in [-0.1, -0.05) is 18.2 Å². The molecule has 1 saturated heterocycles. The standard InChI is InChI=1S/C16H17FN2O3S2/c17-14-5-3-13(4-6-14)12-15(20)18-7-9-19(10-8-18)24(21,22)16-2-1-11-23-16/h1-6,11H,7-10,12H2. The molecule has 1 aromatic heterocycles. The minimum atomic E-state index is -3.46. The number of piperazine rings is 1. The number of carbonyl (C=O) groups excluding carboxylic acids is 1. The number of benzene rings is 1. The Morgan fingerprint density at radius 3 is 2.33 bits per heavy atom. The molecule has 0 spiro atoms. The molecule has 3 rings (SSSR count). The molecule has 0 radical (unpaired) electrons. The van der Waals surface area contributed by atoms with Crippen LogP contribution >= 0.6 is 11.3 Å². The summed E-state index contributed by atoms with van der Waals surface area (Å²) in [5.74, 6) is -0.409. The van der Waals surface area contributed by atoms with Crippen molar-refractivity contribution in [1.82, 2.24) is 9.21 Å². The zero-order valence-corrected chi connectivity index (χ0v) is 14.5. The molecule has 0 unspecified atom stereocenters. The van der Waals surface area contributed by atoms with Crippen LogP contribution in [-0.2, 0) is 21.2 Å². The number of carbonyl (C=O) groups is 1. The van der Waals surface area contributed by atoms with Crippen molar-refractivity contribution in [2.45, 2.75) is 10.6 Å². The second-order valence-electron chi connectivity index (χ2n) is 5.52. The second-order valence-corrected chi connectivity index (χ2v) is 8.63. The van der Waals surface area contributed by atoms with Gasteiger partial charge in [0, 0.05) is 26.2 Å². The Kier molecular flexibility index (Phi) is 4.98. The smallest absolute Gasteiger partial charge is 0.252 e. The van der Waals surface area contributed by atoms with Gasteiger partial charge in [0.05, 0.1) is 6.42 Å². The van der Waals surface area contributed by atoms with E-state index in [0.717, 1.165) is 5.56 Å². The molecule has 0 atom stereocenters. The third-order valence-corrected chi connectivity index (χ3v) is 7.22. The third-order valence-electron chi connectivity index (χ3n) is 3.95. The van der Waals surface area contributed by atoms with Crippen molar-refractivity contribution in [2.75, 3.05) is 26.2 Å². The van der Waals surface area contributed by atoms with Crippen molar-refractivity contribution in [1.29, 1.82) is 0 Å². The molecule has 128 valence electrons. The molecule has 1 aliphatic rings. The van der Waals surface area contributed by atoms with Crippen LogP contribution in [0.1, 0.15) is 5.56 Å². The SMILES string of the molecule is O=C(Cc1ccc(F)cc1)N1CCN(S(=O)(=O)c2cccs2)CC1. The first-order valence-corrected chi connectivity index (χ1v) is 9.85. The maximum Gasteiger partial charge on any atom is 0.252 e. The van der Waals surface area contributed by atoms with Crippen LogP contribution in [-0.4, -0.2) is 49.7 Å².